The molecule has 1 heterocycles. The molecular weight excluding hydrogens is 282 g/mol. The SMILES string of the molecule is CCCn1nnc(C=O)c1-c1ccccc1Br. The van der Waals surface area contributed by atoms with Crippen LogP contribution in [0.5, 0.6) is 0 Å². The summed E-state index contributed by atoms with van der Waals surface area (Å²) >= 11 is 3.48. The molecule has 1 aromatic heterocycles. The minimum Gasteiger partial charge on any atom is -0.296 e. The quantitative estimate of drug-likeness (QED) is 0.815. The number of nitrogens with zero attached hydrogens (tertiary/aromatic N) is 3. The van der Waals surface area contributed by atoms with E-state index in [-0.39, 0.29) is 0 Å². The third kappa shape index (κ3) is 2.29. The molecule has 0 bridgehead atoms. The van der Waals surface area contributed by atoms with E-state index in [1.54, 1.807) is 4.68 Å². The predicted octanol–water partition coefficient (Wildman–Crippen LogP) is 2.93. The first-order valence-electron chi connectivity index (χ1n) is 5.41. The lowest BCUT2D eigenvalue weighted by molar-refractivity contribution is 0.111. The zero-order valence-electron chi connectivity index (χ0n) is 9.43. The molecule has 0 unspecified atom stereocenters. The van der Waals surface area contributed by atoms with Crippen molar-refractivity contribution in [2.45, 2.75) is 19.9 Å². The molecule has 0 fully saturated rings. The average molecular weight is 294 g/mol. The molecule has 1 aromatic carbocycles. The van der Waals surface area contributed by atoms with E-state index in [1.807, 2.05) is 24.3 Å². The summed E-state index contributed by atoms with van der Waals surface area (Å²) in [5, 5.41) is 7.90. The maximum atomic E-state index is 11.0. The molecule has 0 amide bonds. The Balaban J connectivity index is 2.60. The molecule has 0 aliphatic rings. The van der Waals surface area contributed by atoms with Crippen LogP contribution in [0.25, 0.3) is 11.3 Å². The Morgan fingerprint density at radius 2 is 2.18 bits per heavy atom. The lowest BCUT2D eigenvalue weighted by Crippen LogP contribution is -2.02. The van der Waals surface area contributed by atoms with Gasteiger partial charge in [0, 0.05) is 16.6 Å². The normalized spacial score (nSPS) is 10.5. The fraction of sp³-hybridized carbons (Fsp3) is 0.250. The first-order chi connectivity index (χ1) is 8.27. The van der Waals surface area contributed by atoms with Crippen LogP contribution in [0.4, 0.5) is 0 Å². The van der Waals surface area contributed by atoms with Crippen LogP contribution >= 0.6 is 15.9 Å². The highest BCUT2D eigenvalue weighted by Crippen LogP contribution is 2.29. The lowest BCUT2D eigenvalue weighted by Gasteiger charge is -2.07. The smallest absolute Gasteiger partial charge is 0.172 e. The third-order valence-corrected chi connectivity index (χ3v) is 3.13. The number of hydrogen-bond acceptors (Lipinski definition) is 3. The number of benzene rings is 1. The molecule has 0 aliphatic carbocycles. The van der Waals surface area contributed by atoms with Gasteiger partial charge in [0.2, 0.25) is 0 Å². The topological polar surface area (TPSA) is 47.8 Å². The molecule has 0 saturated heterocycles. The summed E-state index contributed by atoms with van der Waals surface area (Å²) in [4.78, 5) is 11.0. The molecule has 88 valence electrons. The molecule has 0 saturated carbocycles. The number of aromatic nitrogens is 3. The van der Waals surface area contributed by atoms with Gasteiger partial charge in [-0.2, -0.15) is 0 Å². The number of aryl methyl sites for hydroxylation is 1. The first-order valence-corrected chi connectivity index (χ1v) is 6.20. The molecule has 0 radical (unpaired) electrons. The number of halogens is 1. The van der Waals surface area contributed by atoms with Gasteiger partial charge in [0.05, 0.1) is 0 Å². The van der Waals surface area contributed by atoms with Gasteiger partial charge in [0.15, 0.2) is 12.0 Å². The van der Waals surface area contributed by atoms with Crippen LogP contribution in [0.3, 0.4) is 0 Å². The summed E-state index contributed by atoms with van der Waals surface area (Å²) in [5.74, 6) is 0. The molecular formula is C12H12BrN3O. The summed E-state index contributed by atoms with van der Waals surface area (Å²) in [6.07, 6.45) is 1.69. The maximum Gasteiger partial charge on any atom is 0.172 e. The van der Waals surface area contributed by atoms with E-state index in [9.17, 15) is 4.79 Å². The van der Waals surface area contributed by atoms with Crippen LogP contribution in [-0.2, 0) is 6.54 Å². The number of hydrogen-bond donors (Lipinski definition) is 0. The van der Waals surface area contributed by atoms with Gasteiger partial charge in [-0.1, -0.05) is 46.3 Å². The molecule has 0 atom stereocenters. The molecule has 0 N–H and O–H groups in total. The van der Waals surface area contributed by atoms with Crippen LogP contribution in [0, 0.1) is 0 Å². The van der Waals surface area contributed by atoms with Gasteiger partial charge in [-0.05, 0) is 12.5 Å². The number of aldehydes is 1. The van der Waals surface area contributed by atoms with Crippen LogP contribution in [0.15, 0.2) is 28.7 Å². The standard InChI is InChI=1S/C12H12BrN3O/c1-2-7-16-12(11(8-17)14-15-16)9-5-3-4-6-10(9)13/h3-6,8H,2,7H2,1H3. The molecule has 5 heteroatoms. The van der Waals surface area contributed by atoms with Gasteiger partial charge < -0.3 is 0 Å². The first kappa shape index (κ1) is 12.0. The van der Waals surface area contributed by atoms with Crippen molar-refractivity contribution in [2.24, 2.45) is 0 Å². The highest BCUT2D eigenvalue weighted by Gasteiger charge is 2.15. The highest BCUT2D eigenvalue weighted by molar-refractivity contribution is 9.10. The lowest BCUT2D eigenvalue weighted by atomic mass is 10.1. The van der Waals surface area contributed by atoms with E-state index < -0.39 is 0 Å². The summed E-state index contributed by atoms with van der Waals surface area (Å²) in [6.45, 7) is 2.81. The van der Waals surface area contributed by atoms with Gasteiger partial charge >= 0.3 is 0 Å². The minimum absolute atomic E-state index is 0.380. The van der Waals surface area contributed by atoms with E-state index in [1.165, 1.54) is 0 Å². The second kappa shape index (κ2) is 5.23. The average Bonchev–Trinajstić information content (AvgIpc) is 2.73. The van der Waals surface area contributed by atoms with Crippen molar-refractivity contribution in [3.63, 3.8) is 0 Å². The Morgan fingerprint density at radius 1 is 1.41 bits per heavy atom. The zero-order chi connectivity index (χ0) is 12.3. The van der Waals surface area contributed by atoms with Gasteiger partial charge in [-0.15, -0.1) is 5.10 Å². The number of rotatable bonds is 4. The van der Waals surface area contributed by atoms with Crippen LogP contribution in [-0.4, -0.2) is 21.3 Å². The Kier molecular flexibility index (Phi) is 3.68. The Hall–Kier alpha value is -1.49. The Labute approximate surface area is 108 Å². The van der Waals surface area contributed by atoms with Gasteiger partial charge in [0.25, 0.3) is 0 Å². The molecule has 2 rings (SSSR count). The number of carbonyl (C=O) groups excluding carboxylic acids is 1. The second-order valence-electron chi connectivity index (χ2n) is 3.64. The fourth-order valence-electron chi connectivity index (χ4n) is 1.70. The van der Waals surface area contributed by atoms with E-state index in [4.69, 9.17) is 0 Å². The van der Waals surface area contributed by atoms with Gasteiger partial charge in [0.1, 0.15) is 5.69 Å². The molecule has 0 aliphatic heterocycles. The molecule has 17 heavy (non-hydrogen) atoms. The summed E-state index contributed by atoms with van der Waals surface area (Å²) in [7, 11) is 0. The van der Waals surface area contributed by atoms with E-state index in [2.05, 4.69) is 33.2 Å². The third-order valence-electron chi connectivity index (χ3n) is 2.44. The largest absolute Gasteiger partial charge is 0.296 e. The zero-order valence-corrected chi connectivity index (χ0v) is 11.0. The molecule has 4 nitrogen and oxygen atoms in total. The van der Waals surface area contributed by atoms with Crippen molar-refractivity contribution >= 4 is 22.2 Å². The Bertz CT molecular complexity index is 536. The second-order valence-corrected chi connectivity index (χ2v) is 4.50. The van der Waals surface area contributed by atoms with Crippen molar-refractivity contribution in [3.05, 3.63) is 34.4 Å². The van der Waals surface area contributed by atoms with Gasteiger partial charge in [-0.3, -0.25) is 4.79 Å². The van der Waals surface area contributed by atoms with E-state index in [0.717, 1.165) is 35.0 Å². The summed E-state index contributed by atoms with van der Waals surface area (Å²) < 4.78 is 2.70. The van der Waals surface area contributed by atoms with Crippen LogP contribution in [0.1, 0.15) is 23.8 Å². The summed E-state index contributed by atoms with van der Waals surface area (Å²) in [5.41, 5.74) is 2.09. The summed E-state index contributed by atoms with van der Waals surface area (Å²) in [6, 6.07) is 7.75. The molecule has 0 spiro atoms. The van der Waals surface area contributed by atoms with Crippen LogP contribution < -0.4 is 0 Å². The van der Waals surface area contributed by atoms with Crippen molar-refractivity contribution in [1.82, 2.24) is 15.0 Å². The maximum absolute atomic E-state index is 11.0. The Morgan fingerprint density at radius 3 is 2.82 bits per heavy atom. The van der Waals surface area contributed by atoms with E-state index >= 15 is 0 Å². The predicted molar refractivity (Wildman–Crippen MR) is 68.8 cm³/mol. The highest BCUT2D eigenvalue weighted by atomic mass is 79.9. The van der Waals surface area contributed by atoms with Gasteiger partial charge in [-0.25, -0.2) is 4.68 Å². The minimum atomic E-state index is 0.380. The van der Waals surface area contributed by atoms with Crippen molar-refractivity contribution in [2.75, 3.05) is 0 Å². The van der Waals surface area contributed by atoms with Crippen molar-refractivity contribution in [1.29, 1.82) is 0 Å². The molecule has 2 aromatic rings. The monoisotopic (exact) mass is 293 g/mol. The van der Waals surface area contributed by atoms with E-state index in [0.29, 0.717) is 5.69 Å². The van der Waals surface area contributed by atoms with Crippen molar-refractivity contribution < 1.29 is 4.79 Å². The van der Waals surface area contributed by atoms with Crippen LogP contribution in [0.2, 0.25) is 0 Å². The fourth-order valence-corrected chi connectivity index (χ4v) is 2.18. The van der Waals surface area contributed by atoms with Crippen molar-refractivity contribution in [3.8, 4) is 11.3 Å². The number of carbonyl (C=O) groups is 1.